The predicted octanol–water partition coefficient (Wildman–Crippen LogP) is 11.1. The van der Waals surface area contributed by atoms with E-state index in [0.29, 0.717) is 0 Å². The zero-order chi connectivity index (χ0) is 21.1. The Morgan fingerprint density at radius 3 is 0.862 bits per heavy atom. The van der Waals surface area contributed by atoms with Crippen molar-refractivity contribution in [2.75, 3.05) is 0 Å². The van der Waals surface area contributed by atoms with E-state index in [1.807, 2.05) is 0 Å². The topological polar surface area (TPSA) is 0 Å². The van der Waals surface area contributed by atoms with Crippen LogP contribution in [0.3, 0.4) is 0 Å². The summed E-state index contributed by atoms with van der Waals surface area (Å²) in [4.78, 5) is 0. The maximum absolute atomic E-state index is 2.41. The van der Waals surface area contributed by atoms with Gasteiger partial charge in [0.25, 0.3) is 0 Å². The molecule has 0 aromatic carbocycles. The zero-order valence-electron chi connectivity index (χ0n) is 20.6. The fourth-order valence-electron chi connectivity index (χ4n) is 3.99. The lowest BCUT2D eigenvalue weighted by Gasteiger charge is -2.03. The molecule has 0 unspecified atom stereocenters. The van der Waals surface area contributed by atoms with Gasteiger partial charge in [-0.3, -0.25) is 0 Å². The van der Waals surface area contributed by atoms with Crippen molar-refractivity contribution >= 4 is 0 Å². The Kier molecular flexibility index (Phi) is 27.0. The van der Waals surface area contributed by atoms with Gasteiger partial charge in [-0.05, 0) is 38.5 Å². The SMILES string of the molecule is CCCCCCC=CCCC=CCCCCCCCCCCCCCCCCC. The minimum Gasteiger partial charge on any atom is -0.0885 e. The van der Waals surface area contributed by atoms with Gasteiger partial charge in [-0.15, -0.1) is 0 Å². The van der Waals surface area contributed by atoms with E-state index in [2.05, 4.69) is 38.2 Å². The Balaban J connectivity index is 3.10. The lowest BCUT2D eigenvalue weighted by Crippen LogP contribution is -1.83. The Bertz CT molecular complexity index is 325. The first-order chi connectivity index (χ1) is 14.4. The molecule has 0 nitrogen and oxygen atoms in total. The second-order valence-electron chi connectivity index (χ2n) is 9.11. The lowest BCUT2D eigenvalue weighted by atomic mass is 10.0. The summed E-state index contributed by atoms with van der Waals surface area (Å²) in [6.07, 6.45) is 41.9. The van der Waals surface area contributed by atoms with Crippen LogP contribution in [0, 0.1) is 0 Å². The van der Waals surface area contributed by atoms with E-state index >= 15 is 0 Å². The van der Waals surface area contributed by atoms with Gasteiger partial charge in [-0.1, -0.05) is 147 Å². The standard InChI is InChI=1S/C29H56/c1-3-5-7-9-11-13-15-17-19-21-23-25-27-29-28-26-24-22-20-18-16-14-12-10-8-6-4-2/h13,15,21,23H,3-12,14,16-20,22,24-29H2,1-2H3. The molecule has 0 heterocycles. The van der Waals surface area contributed by atoms with Crippen molar-refractivity contribution in [2.24, 2.45) is 0 Å². The molecule has 0 radical (unpaired) electrons. The summed E-state index contributed by atoms with van der Waals surface area (Å²) >= 11 is 0. The Morgan fingerprint density at radius 2 is 0.517 bits per heavy atom. The Hall–Kier alpha value is -0.520. The molecule has 0 aromatic rings. The van der Waals surface area contributed by atoms with Gasteiger partial charge in [-0.2, -0.15) is 0 Å². The van der Waals surface area contributed by atoms with Crippen LogP contribution in [-0.4, -0.2) is 0 Å². The fourth-order valence-corrected chi connectivity index (χ4v) is 3.99. The molecule has 0 fully saturated rings. The summed E-state index contributed by atoms with van der Waals surface area (Å²) in [6.45, 7) is 4.58. The quantitative estimate of drug-likeness (QED) is 0.111. The van der Waals surface area contributed by atoms with Crippen LogP contribution in [0.15, 0.2) is 24.3 Å². The minimum atomic E-state index is 1.23. The van der Waals surface area contributed by atoms with Gasteiger partial charge in [-0.25, -0.2) is 0 Å². The van der Waals surface area contributed by atoms with E-state index in [-0.39, 0.29) is 0 Å². The average molecular weight is 405 g/mol. The highest BCUT2D eigenvalue weighted by molar-refractivity contribution is 4.88. The second kappa shape index (κ2) is 27.5. The van der Waals surface area contributed by atoms with Crippen molar-refractivity contribution in [1.82, 2.24) is 0 Å². The van der Waals surface area contributed by atoms with E-state index in [1.54, 1.807) is 0 Å². The molecule has 172 valence electrons. The Labute approximate surface area is 186 Å². The maximum Gasteiger partial charge on any atom is -0.0316 e. The Morgan fingerprint density at radius 1 is 0.276 bits per heavy atom. The van der Waals surface area contributed by atoms with Crippen LogP contribution in [0.4, 0.5) is 0 Å². The molecule has 0 heteroatoms. The largest absolute Gasteiger partial charge is 0.0885 e. The smallest absolute Gasteiger partial charge is 0.0316 e. The van der Waals surface area contributed by atoms with Crippen LogP contribution in [0.2, 0.25) is 0 Å². The molecular formula is C29H56. The van der Waals surface area contributed by atoms with Crippen LogP contribution >= 0.6 is 0 Å². The molecule has 0 spiro atoms. The molecule has 0 aliphatic rings. The zero-order valence-corrected chi connectivity index (χ0v) is 20.6. The normalized spacial score (nSPS) is 11.9. The van der Waals surface area contributed by atoms with Gasteiger partial charge >= 0.3 is 0 Å². The fraction of sp³-hybridized carbons (Fsp3) is 0.862. The van der Waals surface area contributed by atoms with Crippen molar-refractivity contribution in [1.29, 1.82) is 0 Å². The van der Waals surface area contributed by atoms with Crippen LogP contribution < -0.4 is 0 Å². The second-order valence-corrected chi connectivity index (χ2v) is 9.11. The van der Waals surface area contributed by atoms with Crippen LogP contribution in [0.25, 0.3) is 0 Å². The maximum atomic E-state index is 2.41. The first-order valence-corrected chi connectivity index (χ1v) is 13.7. The first kappa shape index (κ1) is 28.5. The third-order valence-electron chi connectivity index (χ3n) is 6.03. The van der Waals surface area contributed by atoms with Gasteiger partial charge in [0.05, 0.1) is 0 Å². The first-order valence-electron chi connectivity index (χ1n) is 13.7. The average Bonchev–Trinajstić information content (AvgIpc) is 2.74. The van der Waals surface area contributed by atoms with E-state index in [0.717, 1.165) is 0 Å². The molecule has 0 aliphatic heterocycles. The van der Waals surface area contributed by atoms with E-state index in [9.17, 15) is 0 Å². The van der Waals surface area contributed by atoms with Crippen molar-refractivity contribution in [3.05, 3.63) is 24.3 Å². The number of rotatable bonds is 24. The summed E-state index contributed by atoms with van der Waals surface area (Å²) in [5.41, 5.74) is 0. The van der Waals surface area contributed by atoms with Crippen molar-refractivity contribution in [3.8, 4) is 0 Å². The molecule has 0 aromatic heterocycles. The molecule has 29 heavy (non-hydrogen) atoms. The molecular weight excluding hydrogens is 348 g/mol. The van der Waals surface area contributed by atoms with Gasteiger partial charge in [0.2, 0.25) is 0 Å². The van der Waals surface area contributed by atoms with E-state index in [4.69, 9.17) is 0 Å². The molecule has 0 saturated carbocycles. The number of unbranched alkanes of at least 4 members (excludes halogenated alkanes) is 20. The summed E-state index contributed by atoms with van der Waals surface area (Å²) in [5.74, 6) is 0. The molecule has 0 bridgehead atoms. The van der Waals surface area contributed by atoms with Crippen LogP contribution in [0.5, 0.6) is 0 Å². The predicted molar refractivity (Wildman–Crippen MR) is 136 cm³/mol. The van der Waals surface area contributed by atoms with Crippen molar-refractivity contribution in [2.45, 2.75) is 162 Å². The highest BCUT2D eigenvalue weighted by atomic mass is 14.0. The lowest BCUT2D eigenvalue weighted by molar-refractivity contribution is 0.533. The summed E-state index contributed by atoms with van der Waals surface area (Å²) in [5, 5.41) is 0. The summed E-state index contributed by atoms with van der Waals surface area (Å²) in [7, 11) is 0. The van der Waals surface area contributed by atoms with Gasteiger partial charge < -0.3 is 0 Å². The van der Waals surface area contributed by atoms with Gasteiger partial charge in [0.1, 0.15) is 0 Å². The van der Waals surface area contributed by atoms with Crippen molar-refractivity contribution < 1.29 is 0 Å². The molecule has 0 aliphatic carbocycles. The summed E-state index contributed by atoms with van der Waals surface area (Å²) < 4.78 is 0. The third kappa shape index (κ3) is 27.5. The van der Waals surface area contributed by atoms with Crippen LogP contribution in [0.1, 0.15) is 162 Å². The van der Waals surface area contributed by atoms with Crippen molar-refractivity contribution in [3.63, 3.8) is 0 Å². The molecule has 0 atom stereocenters. The highest BCUT2D eigenvalue weighted by Gasteiger charge is 1.94. The molecule has 0 amide bonds. The van der Waals surface area contributed by atoms with Gasteiger partial charge in [0, 0.05) is 0 Å². The monoisotopic (exact) mass is 404 g/mol. The number of hydrogen-bond acceptors (Lipinski definition) is 0. The van der Waals surface area contributed by atoms with E-state index in [1.165, 1.54) is 148 Å². The van der Waals surface area contributed by atoms with Crippen LogP contribution in [-0.2, 0) is 0 Å². The molecule has 0 saturated heterocycles. The summed E-state index contributed by atoms with van der Waals surface area (Å²) in [6, 6.07) is 0. The third-order valence-corrected chi connectivity index (χ3v) is 6.03. The van der Waals surface area contributed by atoms with Gasteiger partial charge in [0.15, 0.2) is 0 Å². The van der Waals surface area contributed by atoms with E-state index < -0.39 is 0 Å². The number of hydrogen-bond donors (Lipinski definition) is 0. The molecule has 0 rings (SSSR count). The molecule has 0 N–H and O–H groups in total. The highest BCUT2D eigenvalue weighted by Crippen LogP contribution is 2.14. The number of allylic oxidation sites excluding steroid dienone is 4. The minimum absolute atomic E-state index is 1.23.